The van der Waals surface area contributed by atoms with Crippen LogP contribution in [0, 0.1) is 13.8 Å². The summed E-state index contributed by atoms with van der Waals surface area (Å²) in [5.41, 5.74) is 3.17. The lowest BCUT2D eigenvalue weighted by molar-refractivity contribution is 0.102. The Morgan fingerprint density at radius 3 is 2.55 bits per heavy atom. The van der Waals surface area contributed by atoms with Crippen molar-refractivity contribution in [2.45, 2.75) is 13.8 Å². The highest BCUT2D eigenvalue weighted by molar-refractivity contribution is 6.10. The summed E-state index contributed by atoms with van der Waals surface area (Å²) in [5.74, 6) is -0.296. The Balaban J connectivity index is 1.97. The van der Waals surface area contributed by atoms with Gasteiger partial charge in [0.25, 0.3) is 5.91 Å². The van der Waals surface area contributed by atoms with Gasteiger partial charge in [-0.05, 0) is 36.9 Å². The first-order chi connectivity index (χ1) is 10.6. The minimum Gasteiger partial charge on any atom is -0.506 e. The van der Waals surface area contributed by atoms with E-state index >= 15 is 0 Å². The number of aromatic hydroxyl groups is 1. The van der Waals surface area contributed by atoms with Crippen LogP contribution in [0.1, 0.15) is 21.5 Å². The topological polar surface area (TPSA) is 49.3 Å². The molecular formula is C19H17NO2. The van der Waals surface area contributed by atoms with Gasteiger partial charge in [0.1, 0.15) is 5.75 Å². The van der Waals surface area contributed by atoms with Gasteiger partial charge in [0.15, 0.2) is 0 Å². The molecule has 0 saturated carbocycles. The molecule has 0 unspecified atom stereocenters. The minimum atomic E-state index is -0.310. The fourth-order valence-corrected chi connectivity index (χ4v) is 2.58. The first-order valence-corrected chi connectivity index (χ1v) is 7.15. The van der Waals surface area contributed by atoms with E-state index in [9.17, 15) is 9.90 Å². The van der Waals surface area contributed by atoms with Gasteiger partial charge in [-0.3, -0.25) is 4.79 Å². The molecule has 0 radical (unpaired) electrons. The van der Waals surface area contributed by atoms with E-state index in [1.165, 1.54) is 0 Å². The predicted octanol–water partition coefficient (Wildman–Crippen LogP) is 4.41. The third-order valence-corrected chi connectivity index (χ3v) is 3.78. The van der Waals surface area contributed by atoms with Crippen LogP contribution in [0.4, 0.5) is 5.69 Å². The zero-order chi connectivity index (χ0) is 15.7. The lowest BCUT2D eigenvalue weighted by atomic mass is 10.0. The van der Waals surface area contributed by atoms with Crippen molar-refractivity contribution < 1.29 is 9.90 Å². The highest BCUT2D eigenvalue weighted by Crippen LogP contribution is 2.29. The molecule has 0 aromatic heterocycles. The minimum absolute atomic E-state index is 0.0142. The summed E-state index contributed by atoms with van der Waals surface area (Å²) >= 11 is 0. The highest BCUT2D eigenvalue weighted by Gasteiger charge is 2.14. The molecule has 0 fully saturated rings. The van der Waals surface area contributed by atoms with Crippen LogP contribution < -0.4 is 5.32 Å². The standard InChI is InChI=1S/C19H17NO2/c1-12-7-10-17(13(2)11-12)20-19(22)16-9-8-14-5-3-4-6-15(14)18(16)21/h3-11,21H,1-2H3,(H,20,22). The number of nitrogens with one attached hydrogen (secondary N) is 1. The lowest BCUT2D eigenvalue weighted by Crippen LogP contribution is -2.13. The Morgan fingerprint density at radius 1 is 1.00 bits per heavy atom. The maximum absolute atomic E-state index is 12.4. The van der Waals surface area contributed by atoms with E-state index < -0.39 is 0 Å². The molecule has 0 aliphatic rings. The second kappa shape index (κ2) is 5.53. The normalized spacial score (nSPS) is 10.6. The van der Waals surface area contributed by atoms with E-state index in [4.69, 9.17) is 0 Å². The smallest absolute Gasteiger partial charge is 0.259 e. The number of carbonyl (C=O) groups is 1. The zero-order valence-electron chi connectivity index (χ0n) is 12.6. The van der Waals surface area contributed by atoms with Crippen molar-refractivity contribution in [1.82, 2.24) is 0 Å². The third-order valence-electron chi connectivity index (χ3n) is 3.78. The molecule has 0 atom stereocenters. The van der Waals surface area contributed by atoms with E-state index in [1.807, 2.05) is 56.3 Å². The Morgan fingerprint density at radius 2 is 1.77 bits per heavy atom. The van der Waals surface area contributed by atoms with E-state index in [0.29, 0.717) is 5.39 Å². The van der Waals surface area contributed by atoms with Gasteiger partial charge in [-0.25, -0.2) is 0 Å². The van der Waals surface area contributed by atoms with Crippen LogP contribution in [0.3, 0.4) is 0 Å². The number of fused-ring (bicyclic) bond motifs is 1. The SMILES string of the molecule is Cc1ccc(NC(=O)c2ccc3ccccc3c2O)c(C)c1. The summed E-state index contributed by atoms with van der Waals surface area (Å²) in [6, 6.07) is 16.8. The number of carbonyl (C=O) groups excluding carboxylic acids is 1. The summed E-state index contributed by atoms with van der Waals surface area (Å²) in [5, 5.41) is 14.8. The molecule has 110 valence electrons. The molecule has 0 aliphatic heterocycles. The number of phenolic OH excluding ortho intramolecular Hbond substituents is 1. The number of anilines is 1. The van der Waals surface area contributed by atoms with E-state index in [0.717, 1.165) is 22.2 Å². The summed E-state index contributed by atoms with van der Waals surface area (Å²) in [4.78, 5) is 12.4. The van der Waals surface area contributed by atoms with E-state index in [2.05, 4.69) is 5.32 Å². The second-order valence-corrected chi connectivity index (χ2v) is 5.46. The van der Waals surface area contributed by atoms with Crippen molar-refractivity contribution >= 4 is 22.4 Å². The van der Waals surface area contributed by atoms with Gasteiger partial charge in [0, 0.05) is 11.1 Å². The molecule has 0 heterocycles. The zero-order valence-corrected chi connectivity index (χ0v) is 12.6. The number of rotatable bonds is 2. The van der Waals surface area contributed by atoms with Crippen LogP contribution in [0.25, 0.3) is 10.8 Å². The van der Waals surface area contributed by atoms with Crippen LogP contribution >= 0.6 is 0 Å². The Hall–Kier alpha value is -2.81. The molecular weight excluding hydrogens is 274 g/mol. The molecule has 0 aliphatic carbocycles. The average Bonchev–Trinajstić information content (AvgIpc) is 2.50. The number of phenols is 1. The van der Waals surface area contributed by atoms with Gasteiger partial charge >= 0.3 is 0 Å². The Labute approximate surface area is 129 Å². The van der Waals surface area contributed by atoms with Gasteiger partial charge in [-0.2, -0.15) is 0 Å². The van der Waals surface area contributed by atoms with Gasteiger partial charge in [0.05, 0.1) is 5.56 Å². The predicted molar refractivity (Wildman–Crippen MR) is 89.5 cm³/mol. The van der Waals surface area contributed by atoms with Crippen molar-refractivity contribution in [2.75, 3.05) is 5.32 Å². The molecule has 3 aromatic rings. The Kier molecular flexibility index (Phi) is 3.55. The lowest BCUT2D eigenvalue weighted by Gasteiger charge is -2.11. The molecule has 3 heteroatoms. The quantitative estimate of drug-likeness (QED) is 0.734. The molecule has 0 saturated heterocycles. The largest absolute Gasteiger partial charge is 0.506 e. The molecule has 22 heavy (non-hydrogen) atoms. The summed E-state index contributed by atoms with van der Waals surface area (Å²) < 4.78 is 0. The summed E-state index contributed by atoms with van der Waals surface area (Å²) in [7, 11) is 0. The van der Waals surface area contributed by atoms with Crippen molar-refractivity contribution in [1.29, 1.82) is 0 Å². The fraction of sp³-hybridized carbons (Fsp3) is 0.105. The maximum atomic E-state index is 12.4. The molecule has 3 rings (SSSR count). The molecule has 2 N–H and O–H groups in total. The molecule has 0 bridgehead atoms. The first-order valence-electron chi connectivity index (χ1n) is 7.15. The van der Waals surface area contributed by atoms with Crippen molar-refractivity contribution in [3.8, 4) is 5.75 Å². The van der Waals surface area contributed by atoms with Crippen LogP contribution in [0.2, 0.25) is 0 Å². The van der Waals surface area contributed by atoms with Crippen LogP contribution in [0.5, 0.6) is 5.75 Å². The van der Waals surface area contributed by atoms with E-state index in [-0.39, 0.29) is 17.2 Å². The van der Waals surface area contributed by atoms with Gasteiger partial charge in [-0.1, -0.05) is 48.0 Å². The average molecular weight is 291 g/mol. The number of amides is 1. The van der Waals surface area contributed by atoms with Gasteiger partial charge in [-0.15, -0.1) is 0 Å². The van der Waals surface area contributed by atoms with Crippen molar-refractivity contribution in [3.63, 3.8) is 0 Å². The monoisotopic (exact) mass is 291 g/mol. The number of hydrogen-bond acceptors (Lipinski definition) is 2. The third kappa shape index (κ3) is 2.53. The fourth-order valence-electron chi connectivity index (χ4n) is 2.58. The van der Waals surface area contributed by atoms with Gasteiger partial charge < -0.3 is 10.4 Å². The van der Waals surface area contributed by atoms with Crippen LogP contribution in [0.15, 0.2) is 54.6 Å². The van der Waals surface area contributed by atoms with E-state index in [1.54, 1.807) is 12.1 Å². The molecule has 1 amide bonds. The second-order valence-electron chi connectivity index (χ2n) is 5.46. The summed E-state index contributed by atoms with van der Waals surface area (Å²) in [6.45, 7) is 3.95. The molecule has 0 spiro atoms. The first kappa shape index (κ1) is 14.1. The van der Waals surface area contributed by atoms with Crippen molar-refractivity contribution in [2.24, 2.45) is 0 Å². The van der Waals surface area contributed by atoms with Crippen molar-refractivity contribution in [3.05, 3.63) is 71.3 Å². The number of aryl methyl sites for hydroxylation is 2. The molecule has 3 aromatic carbocycles. The number of hydrogen-bond donors (Lipinski definition) is 2. The number of benzene rings is 3. The highest BCUT2D eigenvalue weighted by atomic mass is 16.3. The maximum Gasteiger partial charge on any atom is 0.259 e. The Bertz CT molecular complexity index is 868. The van der Waals surface area contributed by atoms with Gasteiger partial charge in [0.2, 0.25) is 0 Å². The van der Waals surface area contributed by atoms with Crippen LogP contribution in [-0.2, 0) is 0 Å². The molecule has 3 nitrogen and oxygen atoms in total. The van der Waals surface area contributed by atoms with Crippen LogP contribution in [-0.4, -0.2) is 11.0 Å². The summed E-state index contributed by atoms with van der Waals surface area (Å²) in [6.07, 6.45) is 0.